The van der Waals surface area contributed by atoms with E-state index in [4.69, 9.17) is 27.9 Å². The van der Waals surface area contributed by atoms with E-state index in [1.807, 2.05) is 0 Å². The maximum absolute atomic E-state index is 12.6. The molecule has 0 bridgehead atoms. The summed E-state index contributed by atoms with van der Waals surface area (Å²) >= 11 is 12.3. The highest BCUT2D eigenvalue weighted by Crippen LogP contribution is 2.30. The van der Waals surface area contributed by atoms with Gasteiger partial charge in [-0.25, -0.2) is 9.97 Å². The van der Waals surface area contributed by atoms with Gasteiger partial charge in [-0.2, -0.15) is 0 Å². The van der Waals surface area contributed by atoms with Gasteiger partial charge in [0, 0.05) is 34.0 Å². The Hall–Kier alpha value is -3.09. The van der Waals surface area contributed by atoms with Crippen LogP contribution >= 0.6 is 23.2 Å². The van der Waals surface area contributed by atoms with Crippen LogP contribution in [0.2, 0.25) is 10.0 Å². The van der Waals surface area contributed by atoms with Crippen LogP contribution in [0, 0.1) is 0 Å². The Labute approximate surface area is 164 Å². The van der Waals surface area contributed by atoms with Crippen molar-refractivity contribution in [3.63, 3.8) is 0 Å². The van der Waals surface area contributed by atoms with E-state index in [0.717, 1.165) is 5.52 Å². The van der Waals surface area contributed by atoms with Crippen molar-refractivity contribution in [3.05, 3.63) is 76.7 Å². The van der Waals surface area contributed by atoms with Crippen molar-refractivity contribution in [2.24, 2.45) is 0 Å². The largest absolute Gasteiger partial charge is 0.424 e. The summed E-state index contributed by atoms with van der Waals surface area (Å²) in [6.07, 6.45) is 3.18. The van der Waals surface area contributed by atoms with E-state index in [2.05, 4.69) is 20.3 Å². The Balaban J connectivity index is 1.50. The van der Waals surface area contributed by atoms with Crippen LogP contribution in [-0.4, -0.2) is 20.9 Å². The molecule has 0 fully saturated rings. The number of H-pyrrole nitrogens is 1. The van der Waals surface area contributed by atoms with Crippen LogP contribution in [0.15, 0.2) is 60.9 Å². The lowest BCUT2D eigenvalue weighted by Gasteiger charge is -2.06. The number of benzene rings is 2. The molecule has 6 nitrogen and oxygen atoms in total. The number of hydrogen-bond donors (Lipinski definition) is 2. The predicted molar refractivity (Wildman–Crippen MR) is 105 cm³/mol. The number of anilines is 1. The van der Waals surface area contributed by atoms with Gasteiger partial charge < -0.3 is 15.0 Å². The lowest BCUT2D eigenvalue weighted by molar-refractivity contribution is 0.102. The van der Waals surface area contributed by atoms with E-state index in [-0.39, 0.29) is 17.6 Å². The Morgan fingerprint density at radius 2 is 1.78 bits per heavy atom. The van der Waals surface area contributed by atoms with Gasteiger partial charge in [0.05, 0.1) is 5.02 Å². The van der Waals surface area contributed by atoms with Crippen LogP contribution < -0.4 is 10.1 Å². The van der Waals surface area contributed by atoms with E-state index < -0.39 is 0 Å². The molecule has 8 heteroatoms. The van der Waals surface area contributed by atoms with Crippen LogP contribution in [0.4, 0.5) is 5.69 Å². The SMILES string of the molecule is O=C(Nc1ccc(Oc2ncccn2)cc1)c1[nH]c2ccc(Cl)cc2c1Cl. The van der Waals surface area contributed by atoms with Crippen molar-refractivity contribution in [3.8, 4) is 11.8 Å². The maximum Gasteiger partial charge on any atom is 0.321 e. The second-order valence-corrected chi connectivity index (χ2v) is 6.43. The zero-order valence-corrected chi connectivity index (χ0v) is 15.3. The molecule has 0 aliphatic carbocycles. The predicted octanol–water partition coefficient (Wildman–Crippen LogP) is 5.31. The number of halogens is 2. The summed E-state index contributed by atoms with van der Waals surface area (Å²) in [7, 11) is 0. The zero-order chi connectivity index (χ0) is 18.8. The second-order valence-electron chi connectivity index (χ2n) is 5.62. The van der Waals surface area contributed by atoms with Crippen molar-refractivity contribution in [1.29, 1.82) is 0 Å². The van der Waals surface area contributed by atoms with Crippen molar-refractivity contribution >= 4 is 45.7 Å². The molecule has 0 spiro atoms. The normalized spacial score (nSPS) is 10.7. The van der Waals surface area contributed by atoms with Crippen molar-refractivity contribution in [2.45, 2.75) is 0 Å². The zero-order valence-electron chi connectivity index (χ0n) is 13.7. The molecule has 0 saturated carbocycles. The highest BCUT2D eigenvalue weighted by atomic mass is 35.5. The number of amides is 1. The topological polar surface area (TPSA) is 79.9 Å². The summed E-state index contributed by atoms with van der Waals surface area (Å²) < 4.78 is 5.52. The second kappa shape index (κ2) is 7.26. The molecular weight excluding hydrogens is 387 g/mol. The van der Waals surface area contributed by atoms with Crippen LogP contribution in [0.25, 0.3) is 10.9 Å². The monoisotopic (exact) mass is 398 g/mol. The van der Waals surface area contributed by atoms with Gasteiger partial charge in [0.2, 0.25) is 0 Å². The number of rotatable bonds is 4. The molecule has 4 aromatic rings. The molecular formula is C19H12Cl2N4O2. The molecule has 0 radical (unpaired) electrons. The third-order valence-electron chi connectivity index (χ3n) is 3.79. The van der Waals surface area contributed by atoms with Gasteiger partial charge in [-0.15, -0.1) is 0 Å². The number of carbonyl (C=O) groups excluding carboxylic acids is 1. The molecule has 0 aliphatic heterocycles. The summed E-state index contributed by atoms with van der Waals surface area (Å²) in [5, 5.41) is 4.36. The van der Waals surface area contributed by atoms with Gasteiger partial charge >= 0.3 is 6.01 Å². The molecule has 2 heterocycles. The van der Waals surface area contributed by atoms with Crippen molar-refractivity contribution in [2.75, 3.05) is 5.32 Å². The van der Waals surface area contributed by atoms with Crippen LogP contribution in [0.5, 0.6) is 11.8 Å². The first-order valence-corrected chi connectivity index (χ1v) is 8.69. The average molecular weight is 399 g/mol. The summed E-state index contributed by atoms with van der Waals surface area (Å²) in [5.74, 6) is 0.199. The van der Waals surface area contributed by atoms with E-state index in [1.54, 1.807) is 60.9 Å². The van der Waals surface area contributed by atoms with Gasteiger partial charge in [0.25, 0.3) is 5.91 Å². The molecule has 4 rings (SSSR count). The number of aromatic amines is 1. The minimum atomic E-state index is -0.354. The molecule has 27 heavy (non-hydrogen) atoms. The Bertz CT molecular complexity index is 1110. The summed E-state index contributed by atoms with van der Waals surface area (Å²) in [4.78, 5) is 23.5. The summed E-state index contributed by atoms with van der Waals surface area (Å²) in [5.41, 5.74) is 1.60. The molecule has 2 N–H and O–H groups in total. The number of hydrogen-bond acceptors (Lipinski definition) is 4. The van der Waals surface area contributed by atoms with E-state index in [9.17, 15) is 4.79 Å². The first-order chi connectivity index (χ1) is 13.1. The molecule has 0 unspecified atom stereocenters. The van der Waals surface area contributed by atoms with E-state index >= 15 is 0 Å². The first kappa shape index (κ1) is 17.3. The fourth-order valence-corrected chi connectivity index (χ4v) is 2.99. The number of fused-ring (bicyclic) bond motifs is 1. The smallest absolute Gasteiger partial charge is 0.321 e. The fourth-order valence-electron chi connectivity index (χ4n) is 2.53. The standard InChI is InChI=1S/C19H12Cl2N4O2/c20-11-2-7-15-14(10-11)16(21)17(25-15)18(26)24-12-3-5-13(6-4-12)27-19-22-8-1-9-23-19/h1-10,25H,(H,24,26). The van der Waals surface area contributed by atoms with E-state index in [0.29, 0.717) is 26.9 Å². The van der Waals surface area contributed by atoms with Gasteiger partial charge in [-0.3, -0.25) is 4.79 Å². The summed E-state index contributed by atoms with van der Waals surface area (Å²) in [6, 6.07) is 14.0. The Morgan fingerprint density at radius 1 is 1.04 bits per heavy atom. The molecule has 1 amide bonds. The maximum atomic E-state index is 12.6. The molecule has 0 atom stereocenters. The molecule has 0 saturated heterocycles. The lowest BCUT2D eigenvalue weighted by Crippen LogP contribution is -2.12. The van der Waals surface area contributed by atoms with Crippen molar-refractivity contribution < 1.29 is 9.53 Å². The van der Waals surface area contributed by atoms with Gasteiger partial charge in [-0.1, -0.05) is 23.2 Å². The number of nitrogens with zero attached hydrogens (tertiary/aromatic N) is 2. The third kappa shape index (κ3) is 3.72. The van der Waals surface area contributed by atoms with Crippen molar-refractivity contribution in [1.82, 2.24) is 15.0 Å². The minimum absolute atomic E-state index is 0.248. The minimum Gasteiger partial charge on any atom is -0.424 e. The molecule has 0 aliphatic rings. The molecule has 2 aromatic carbocycles. The molecule has 2 aromatic heterocycles. The third-order valence-corrected chi connectivity index (χ3v) is 4.42. The Kier molecular flexibility index (Phi) is 4.66. The van der Waals surface area contributed by atoms with Crippen LogP contribution in [0.1, 0.15) is 10.5 Å². The highest BCUT2D eigenvalue weighted by molar-refractivity contribution is 6.40. The summed E-state index contributed by atoms with van der Waals surface area (Å²) in [6.45, 7) is 0. The highest BCUT2D eigenvalue weighted by Gasteiger charge is 2.17. The fraction of sp³-hybridized carbons (Fsp3) is 0. The van der Waals surface area contributed by atoms with Crippen LogP contribution in [0.3, 0.4) is 0 Å². The molecule has 134 valence electrons. The van der Waals surface area contributed by atoms with Gasteiger partial charge in [0.15, 0.2) is 0 Å². The average Bonchev–Trinajstić information content (AvgIpc) is 3.00. The lowest BCUT2D eigenvalue weighted by atomic mass is 10.2. The van der Waals surface area contributed by atoms with E-state index in [1.165, 1.54) is 0 Å². The number of carbonyl (C=O) groups is 1. The van der Waals surface area contributed by atoms with Gasteiger partial charge in [0.1, 0.15) is 11.4 Å². The van der Waals surface area contributed by atoms with Crippen LogP contribution in [-0.2, 0) is 0 Å². The Morgan fingerprint density at radius 3 is 2.52 bits per heavy atom. The number of aromatic nitrogens is 3. The number of ether oxygens (including phenoxy) is 1. The first-order valence-electron chi connectivity index (χ1n) is 7.93. The number of nitrogens with one attached hydrogen (secondary N) is 2. The van der Waals surface area contributed by atoms with Gasteiger partial charge in [-0.05, 0) is 48.5 Å². The quantitative estimate of drug-likeness (QED) is 0.488.